The van der Waals surface area contributed by atoms with E-state index in [2.05, 4.69) is 17.2 Å². The average Bonchev–Trinajstić information content (AvgIpc) is 2.86. The average molecular weight is 291 g/mol. The van der Waals surface area contributed by atoms with Gasteiger partial charge in [0.25, 0.3) is 0 Å². The minimum Gasteiger partial charge on any atom is -0.457 e. The van der Waals surface area contributed by atoms with Crippen molar-refractivity contribution in [1.82, 2.24) is 5.32 Å². The second kappa shape index (κ2) is 9.85. The van der Waals surface area contributed by atoms with E-state index in [0.717, 1.165) is 0 Å². The van der Waals surface area contributed by atoms with Gasteiger partial charge in [0.1, 0.15) is 0 Å². The third kappa shape index (κ3) is 6.83. The van der Waals surface area contributed by atoms with Gasteiger partial charge in [0, 0.05) is 38.8 Å². The summed E-state index contributed by atoms with van der Waals surface area (Å²) < 4.78 is 10.6. The van der Waals surface area contributed by atoms with Crippen LogP contribution < -0.4 is 5.32 Å². The van der Waals surface area contributed by atoms with Gasteiger partial charge in [-0.15, -0.1) is 24.7 Å². The number of hydrogen-bond acceptors (Lipinski definition) is 5. The lowest BCUT2D eigenvalue weighted by Crippen LogP contribution is -2.33. The number of rotatable bonds is 8. The molecule has 2 atom stereocenters. The van der Waals surface area contributed by atoms with Gasteiger partial charge in [0.05, 0.1) is 0 Å². The molecule has 1 rings (SSSR count). The summed E-state index contributed by atoms with van der Waals surface area (Å²) in [5, 5.41) is 3.05. The van der Waals surface area contributed by atoms with Crippen LogP contribution in [-0.2, 0) is 19.1 Å². The third-order valence-corrected chi connectivity index (χ3v) is 3.08. The molecule has 21 heavy (non-hydrogen) atoms. The van der Waals surface area contributed by atoms with Gasteiger partial charge in [-0.3, -0.25) is 9.59 Å². The first-order valence-electron chi connectivity index (χ1n) is 7.14. The molecule has 1 aliphatic rings. The van der Waals surface area contributed by atoms with Gasteiger partial charge in [0.15, 0.2) is 12.2 Å². The van der Waals surface area contributed by atoms with Crippen LogP contribution in [0, 0.1) is 24.7 Å². The van der Waals surface area contributed by atoms with Crippen molar-refractivity contribution in [2.24, 2.45) is 0 Å². The number of nitrogens with one attached hydrogen (secondary N) is 1. The Kier molecular flexibility index (Phi) is 8.01. The molecule has 0 amide bonds. The predicted octanol–water partition coefficient (Wildman–Crippen LogP) is 1.02. The van der Waals surface area contributed by atoms with Crippen LogP contribution in [0.4, 0.5) is 0 Å². The molecule has 5 heteroatoms. The number of hydrogen-bond donors (Lipinski definition) is 1. The van der Waals surface area contributed by atoms with Gasteiger partial charge < -0.3 is 14.8 Å². The first-order valence-corrected chi connectivity index (χ1v) is 7.14. The summed E-state index contributed by atoms with van der Waals surface area (Å²) in [5.41, 5.74) is 0. The Morgan fingerprint density at radius 1 is 0.952 bits per heavy atom. The first kappa shape index (κ1) is 17.1. The molecule has 0 spiro atoms. The Hall–Kier alpha value is -1.98. The number of terminal acetylenes is 2. The molecule has 0 saturated carbocycles. The largest absolute Gasteiger partial charge is 0.457 e. The number of carbonyl (C=O) groups excluding carboxylic acids is 2. The van der Waals surface area contributed by atoms with Gasteiger partial charge in [0.2, 0.25) is 0 Å². The Morgan fingerprint density at radius 2 is 1.38 bits per heavy atom. The zero-order valence-electron chi connectivity index (χ0n) is 12.1. The van der Waals surface area contributed by atoms with Crippen LogP contribution in [-0.4, -0.2) is 37.2 Å². The molecular formula is C16H21NO4. The van der Waals surface area contributed by atoms with Gasteiger partial charge in [-0.05, 0) is 12.8 Å². The topological polar surface area (TPSA) is 64.6 Å². The van der Waals surface area contributed by atoms with Gasteiger partial charge in [-0.25, -0.2) is 0 Å². The fraction of sp³-hybridized carbons (Fsp3) is 0.625. The minimum atomic E-state index is -0.431. The van der Waals surface area contributed by atoms with Gasteiger partial charge in [-0.2, -0.15) is 0 Å². The van der Waals surface area contributed by atoms with Gasteiger partial charge in [-0.1, -0.05) is 0 Å². The van der Waals surface area contributed by atoms with Crippen LogP contribution in [0.15, 0.2) is 0 Å². The summed E-state index contributed by atoms with van der Waals surface area (Å²) in [6, 6.07) is 0. The lowest BCUT2D eigenvalue weighted by molar-refractivity contribution is -0.163. The molecule has 5 nitrogen and oxygen atoms in total. The maximum atomic E-state index is 11.6. The lowest BCUT2D eigenvalue weighted by atomic mass is 10.2. The van der Waals surface area contributed by atoms with Crippen LogP contribution >= 0.6 is 0 Å². The van der Waals surface area contributed by atoms with Crippen molar-refractivity contribution in [1.29, 1.82) is 0 Å². The van der Waals surface area contributed by atoms with E-state index in [9.17, 15) is 9.59 Å². The van der Waals surface area contributed by atoms with Crippen molar-refractivity contribution >= 4 is 11.9 Å². The smallest absolute Gasteiger partial charge is 0.306 e. The van der Waals surface area contributed by atoms with E-state index in [1.54, 1.807) is 0 Å². The van der Waals surface area contributed by atoms with E-state index in [4.69, 9.17) is 22.3 Å². The fourth-order valence-electron chi connectivity index (χ4n) is 1.99. The number of unbranched alkanes of at least 4 members (excludes halogenated alkanes) is 2. The van der Waals surface area contributed by atoms with Gasteiger partial charge >= 0.3 is 11.9 Å². The summed E-state index contributed by atoms with van der Waals surface area (Å²) in [5.74, 6) is 4.32. The highest BCUT2D eigenvalue weighted by molar-refractivity contribution is 5.70. The van der Waals surface area contributed by atoms with Crippen LogP contribution in [0.25, 0.3) is 0 Å². The van der Waals surface area contributed by atoms with Crippen LogP contribution in [0.1, 0.15) is 38.5 Å². The second-order valence-electron chi connectivity index (χ2n) is 4.83. The molecule has 1 N–H and O–H groups in total. The normalized spacial score (nSPS) is 20.3. The Morgan fingerprint density at radius 3 is 1.76 bits per heavy atom. The first-order chi connectivity index (χ1) is 10.2. The second-order valence-corrected chi connectivity index (χ2v) is 4.83. The molecular weight excluding hydrogens is 270 g/mol. The maximum absolute atomic E-state index is 11.6. The number of ether oxygens (including phenoxy) is 2. The Labute approximate surface area is 125 Å². The van der Waals surface area contributed by atoms with E-state index >= 15 is 0 Å². The van der Waals surface area contributed by atoms with Crippen molar-refractivity contribution in [2.45, 2.75) is 50.7 Å². The molecule has 0 radical (unpaired) electrons. The van der Waals surface area contributed by atoms with Crippen molar-refractivity contribution in [2.75, 3.05) is 13.1 Å². The lowest BCUT2D eigenvalue weighted by Gasteiger charge is -2.19. The summed E-state index contributed by atoms with van der Waals surface area (Å²) in [6.45, 7) is 0.979. The zero-order chi connectivity index (χ0) is 15.5. The summed E-state index contributed by atoms with van der Waals surface area (Å²) in [4.78, 5) is 23.3. The van der Waals surface area contributed by atoms with Crippen molar-refractivity contribution in [3.8, 4) is 24.7 Å². The molecule has 0 aromatic heterocycles. The Balaban J connectivity index is 2.31. The summed E-state index contributed by atoms with van der Waals surface area (Å²) >= 11 is 0. The predicted molar refractivity (Wildman–Crippen MR) is 78.0 cm³/mol. The summed E-state index contributed by atoms with van der Waals surface area (Å²) in [6.07, 6.45) is 12.2. The van der Waals surface area contributed by atoms with Crippen molar-refractivity contribution < 1.29 is 19.1 Å². The molecule has 1 aliphatic heterocycles. The minimum absolute atomic E-state index is 0.281. The zero-order valence-corrected chi connectivity index (χ0v) is 12.1. The third-order valence-electron chi connectivity index (χ3n) is 3.08. The van der Waals surface area contributed by atoms with Crippen molar-refractivity contribution in [3.63, 3.8) is 0 Å². The van der Waals surface area contributed by atoms with Crippen LogP contribution in [0.3, 0.4) is 0 Å². The monoisotopic (exact) mass is 291 g/mol. The molecule has 0 unspecified atom stereocenters. The molecule has 0 aromatic rings. The molecule has 0 aliphatic carbocycles. The molecule has 0 aromatic carbocycles. The quantitative estimate of drug-likeness (QED) is 0.411. The highest BCUT2D eigenvalue weighted by atomic mass is 16.6. The number of esters is 2. The van der Waals surface area contributed by atoms with E-state index in [1.807, 2.05) is 0 Å². The number of carbonyl (C=O) groups is 2. The van der Waals surface area contributed by atoms with Crippen molar-refractivity contribution in [3.05, 3.63) is 0 Å². The van der Waals surface area contributed by atoms with E-state index in [-0.39, 0.29) is 24.8 Å². The van der Waals surface area contributed by atoms with E-state index in [0.29, 0.717) is 38.8 Å². The highest BCUT2D eigenvalue weighted by Gasteiger charge is 2.33. The Bertz CT molecular complexity index is 393. The SMILES string of the molecule is C#CCCCC(=O)O[C@H]1CNC[C@H]1OC(=O)CCCC#C. The highest BCUT2D eigenvalue weighted by Crippen LogP contribution is 2.13. The molecule has 1 heterocycles. The maximum Gasteiger partial charge on any atom is 0.306 e. The van der Waals surface area contributed by atoms with E-state index < -0.39 is 12.2 Å². The molecule has 0 bridgehead atoms. The molecule has 114 valence electrons. The molecule has 1 saturated heterocycles. The fourth-order valence-corrected chi connectivity index (χ4v) is 1.99. The van der Waals surface area contributed by atoms with Crippen LogP contribution in [0.2, 0.25) is 0 Å². The molecule has 1 fully saturated rings. The van der Waals surface area contributed by atoms with Crippen LogP contribution in [0.5, 0.6) is 0 Å². The summed E-state index contributed by atoms with van der Waals surface area (Å²) in [7, 11) is 0. The standard InChI is InChI=1S/C16H21NO4/c1-3-5-7-9-15(18)20-13-11-17-12-14(13)21-16(19)10-8-6-4-2/h1-2,13-14,17H,5-12H2/t13-,14+. The van der Waals surface area contributed by atoms with E-state index in [1.165, 1.54) is 0 Å².